The van der Waals surface area contributed by atoms with E-state index < -0.39 is 0 Å². The van der Waals surface area contributed by atoms with E-state index in [2.05, 4.69) is 34.7 Å². The van der Waals surface area contributed by atoms with Gasteiger partial charge in [-0.15, -0.1) is 0 Å². The zero-order valence-electron chi connectivity index (χ0n) is 5.30. The lowest BCUT2D eigenvalue weighted by molar-refractivity contribution is 0.600. The molecule has 0 saturated carbocycles. The second-order valence-corrected chi connectivity index (χ2v) is 1.96. The molecular formula is C6H11N3. The van der Waals surface area contributed by atoms with Crippen molar-refractivity contribution in [2.45, 2.75) is 6.04 Å². The molecule has 1 atom stereocenters. The van der Waals surface area contributed by atoms with Crippen LogP contribution in [0.1, 0.15) is 0 Å². The highest BCUT2D eigenvalue weighted by Crippen LogP contribution is 1.91. The average molecular weight is 125 g/mol. The molecule has 0 fully saturated rings. The van der Waals surface area contributed by atoms with Crippen LogP contribution in [0.5, 0.6) is 0 Å². The molecule has 0 aromatic heterocycles. The van der Waals surface area contributed by atoms with Gasteiger partial charge in [-0.05, 0) is 0 Å². The smallest absolute Gasteiger partial charge is 0.0519 e. The third-order valence-electron chi connectivity index (χ3n) is 1.29. The van der Waals surface area contributed by atoms with E-state index >= 15 is 0 Å². The second-order valence-electron chi connectivity index (χ2n) is 1.96. The van der Waals surface area contributed by atoms with Gasteiger partial charge in [-0.2, -0.15) is 5.10 Å². The summed E-state index contributed by atoms with van der Waals surface area (Å²) in [6.45, 7) is 5.12. The van der Waals surface area contributed by atoms with Crippen molar-refractivity contribution in [3.8, 4) is 0 Å². The van der Waals surface area contributed by atoms with Crippen molar-refractivity contribution in [2.75, 3.05) is 13.1 Å². The van der Waals surface area contributed by atoms with Crippen molar-refractivity contribution in [2.24, 2.45) is 5.10 Å². The fourth-order valence-electron chi connectivity index (χ4n) is 0.823. The van der Waals surface area contributed by atoms with Crippen LogP contribution in [0.15, 0.2) is 17.3 Å². The fourth-order valence-corrected chi connectivity index (χ4v) is 0.823. The Morgan fingerprint density at radius 1 is 1.89 bits per heavy atom. The lowest BCUT2D eigenvalue weighted by Crippen LogP contribution is -2.31. The van der Waals surface area contributed by atoms with Crippen LogP contribution in [-0.4, -0.2) is 25.8 Å². The number of nitrogens with zero attached hydrogens (tertiary/aromatic N) is 1. The van der Waals surface area contributed by atoms with Gasteiger partial charge >= 0.3 is 0 Å². The van der Waals surface area contributed by atoms with Gasteiger partial charge in [0.05, 0.1) is 6.54 Å². The Hall–Kier alpha value is -0.830. The van der Waals surface area contributed by atoms with Gasteiger partial charge in [-0.25, -0.2) is 0 Å². The molecule has 3 nitrogen and oxygen atoms in total. The molecule has 0 saturated heterocycles. The first kappa shape index (κ1) is 6.29. The van der Waals surface area contributed by atoms with Gasteiger partial charge < -0.3 is 10.7 Å². The van der Waals surface area contributed by atoms with Crippen molar-refractivity contribution in [1.82, 2.24) is 10.7 Å². The van der Waals surface area contributed by atoms with E-state index in [4.69, 9.17) is 0 Å². The Bertz CT molecular complexity index is 119. The third-order valence-corrected chi connectivity index (χ3v) is 1.29. The number of rotatable bonds is 3. The molecule has 1 heterocycles. The standard InChI is InChI=1S/C6H11N3/c1-7-9-5-6-3-2-4-8-6/h2-3,6,8-9H,1,4-5H2/t6-/m0/s1. The first-order chi connectivity index (χ1) is 4.43. The minimum atomic E-state index is 0.440. The summed E-state index contributed by atoms with van der Waals surface area (Å²) in [6.07, 6.45) is 4.23. The Labute approximate surface area is 54.8 Å². The highest BCUT2D eigenvalue weighted by molar-refractivity contribution is 5.22. The summed E-state index contributed by atoms with van der Waals surface area (Å²) in [5.41, 5.74) is 2.79. The largest absolute Gasteiger partial charge is 0.309 e. The topological polar surface area (TPSA) is 36.4 Å². The molecule has 0 amide bonds. The molecule has 0 radical (unpaired) electrons. The van der Waals surface area contributed by atoms with Crippen LogP contribution >= 0.6 is 0 Å². The van der Waals surface area contributed by atoms with Gasteiger partial charge in [-0.3, -0.25) is 0 Å². The zero-order valence-corrected chi connectivity index (χ0v) is 5.30. The lowest BCUT2D eigenvalue weighted by Gasteiger charge is -2.06. The van der Waals surface area contributed by atoms with Crippen molar-refractivity contribution >= 4 is 6.72 Å². The Morgan fingerprint density at radius 2 is 2.78 bits per heavy atom. The van der Waals surface area contributed by atoms with Crippen LogP contribution in [0.4, 0.5) is 0 Å². The van der Waals surface area contributed by atoms with Crippen LogP contribution in [0, 0.1) is 0 Å². The summed E-state index contributed by atoms with van der Waals surface area (Å²) in [5.74, 6) is 0. The molecule has 0 aromatic rings. The van der Waals surface area contributed by atoms with Gasteiger partial charge in [0.1, 0.15) is 0 Å². The fraction of sp³-hybridized carbons (Fsp3) is 0.500. The van der Waals surface area contributed by atoms with Crippen molar-refractivity contribution in [3.63, 3.8) is 0 Å². The van der Waals surface area contributed by atoms with Crippen molar-refractivity contribution in [1.29, 1.82) is 0 Å². The van der Waals surface area contributed by atoms with Crippen molar-refractivity contribution < 1.29 is 0 Å². The van der Waals surface area contributed by atoms with Crippen LogP contribution in [0.3, 0.4) is 0 Å². The number of hydrogen-bond donors (Lipinski definition) is 2. The van der Waals surface area contributed by atoms with E-state index in [9.17, 15) is 0 Å². The van der Waals surface area contributed by atoms with Gasteiger partial charge in [0.15, 0.2) is 0 Å². The maximum Gasteiger partial charge on any atom is 0.0519 e. The Balaban J connectivity index is 2.12. The van der Waals surface area contributed by atoms with Crippen LogP contribution < -0.4 is 10.7 Å². The highest BCUT2D eigenvalue weighted by atomic mass is 15.3. The summed E-state index contributed by atoms with van der Waals surface area (Å²) in [5, 5.41) is 6.76. The molecule has 50 valence electrons. The second kappa shape index (κ2) is 3.25. The molecule has 9 heavy (non-hydrogen) atoms. The van der Waals surface area contributed by atoms with Crippen molar-refractivity contribution in [3.05, 3.63) is 12.2 Å². The van der Waals surface area contributed by atoms with E-state index in [0.717, 1.165) is 13.1 Å². The predicted molar refractivity (Wildman–Crippen MR) is 38.5 cm³/mol. The minimum absolute atomic E-state index is 0.440. The lowest BCUT2D eigenvalue weighted by atomic mass is 10.3. The first-order valence-corrected chi connectivity index (χ1v) is 3.02. The molecule has 3 heteroatoms. The maximum atomic E-state index is 3.53. The van der Waals surface area contributed by atoms with E-state index in [1.165, 1.54) is 0 Å². The molecule has 0 aliphatic carbocycles. The maximum absolute atomic E-state index is 3.53. The SMILES string of the molecule is C=NNC[C@@H]1C=CCN1. The monoisotopic (exact) mass is 125 g/mol. The van der Waals surface area contributed by atoms with E-state index in [1.807, 2.05) is 0 Å². The minimum Gasteiger partial charge on any atom is -0.309 e. The number of nitrogens with one attached hydrogen (secondary N) is 2. The van der Waals surface area contributed by atoms with Gasteiger partial charge in [0, 0.05) is 19.3 Å². The van der Waals surface area contributed by atoms with Gasteiger partial charge in [0.2, 0.25) is 0 Å². The zero-order chi connectivity index (χ0) is 6.53. The molecule has 0 spiro atoms. The molecule has 1 rings (SSSR count). The quantitative estimate of drug-likeness (QED) is 0.309. The van der Waals surface area contributed by atoms with E-state index in [1.54, 1.807) is 0 Å². The molecule has 2 N–H and O–H groups in total. The Morgan fingerprint density at radius 3 is 3.33 bits per heavy atom. The molecule has 0 aromatic carbocycles. The van der Waals surface area contributed by atoms with E-state index in [0.29, 0.717) is 6.04 Å². The molecule has 0 unspecified atom stereocenters. The highest BCUT2D eigenvalue weighted by Gasteiger charge is 2.04. The average Bonchev–Trinajstić information content (AvgIpc) is 2.34. The van der Waals surface area contributed by atoms with E-state index in [-0.39, 0.29) is 0 Å². The normalized spacial score (nSPS) is 24.2. The summed E-state index contributed by atoms with van der Waals surface area (Å²) in [4.78, 5) is 0. The van der Waals surface area contributed by atoms with Crippen LogP contribution in [0.2, 0.25) is 0 Å². The van der Waals surface area contributed by atoms with Gasteiger partial charge in [-0.1, -0.05) is 12.2 Å². The number of hydrazone groups is 1. The summed E-state index contributed by atoms with van der Waals surface area (Å²) >= 11 is 0. The first-order valence-electron chi connectivity index (χ1n) is 3.02. The summed E-state index contributed by atoms with van der Waals surface area (Å²) in [6, 6.07) is 0.440. The molecule has 1 aliphatic heterocycles. The molecule has 0 bridgehead atoms. The van der Waals surface area contributed by atoms with Crippen LogP contribution in [0.25, 0.3) is 0 Å². The third kappa shape index (κ3) is 1.85. The molecule has 1 aliphatic rings. The predicted octanol–water partition coefficient (Wildman–Crippen LogP) is -0.280. The van der Waals surface area contributed by atoms with Crippen LogP contribution in [-0.2, 0) is 0 Å². The van der Waals surface area contributed by atoms with Gasteiger partial charge in [0.25, 0.3) is 0 Å². The molecular weight excluding hydrogens is 114 g/mol. The Kier molecular flexibility index (Phi) is 2.27. The number of hydrogen-bond acceptors (Lipinski definition) is 3. The summed E-state index contributed by atoms with van der Waals surface area (Å²) in [7, 11) is 0. The summed E-state index contributed by atoms with van der Waals surface area (Å²) < 4.78 is 0.